The van der Waals surface area contributed by atoms with Gasteiger partial charge >= 0.3 is 0 Å². The van der Waals surface area contributed by atoms with Crippen LogP contribution in [0.25, 0.3) is 0 Å². The van der Waals surface area contributed by atoms with Crippen LogP contribution >= 0.6 is 0 Å². The molecule has 0 aromatic heterocycles. The first-order valence-electron chi connectivity index (χ1n) is 4.24. The van der Waals surface area contributed by atoms with Gasteiger partial charge in [0.2, 0.25) is 0 Å². The van der Waals surface area contributed by atoms with Crippen molar-refractivity contribution in [2.75, 3.05) is 6.61 Å². The Bertz CT molecular complexity index is 156. The first kappa shape index (κ1) is 11.9. The van der Waals surface area contributed by atoms with Crippen molar-refractivity contribution in [3.63, 3.8) is 0 Å². The van der Waals surface area contributed by atoms with Crippen LogP contribution < -0.4 is 0 Å². The summed E-state index contributed by atoms with van der Waals surface area (Å²) in [5.41, 5.74) is -0.785. The lowest BCUT2D eigenvalue weighted by molar-refractivity contribution is 0.125. The fraction of sp³-hybridized carbons (Fsp3) is 0.778. The Balaban J connectivity index is 4.83. The Morgan fingerprint density at radius 1 is 1.33 bits per heavy atom. The standard InChI is InChI=1S/C9H20O2Si/c1-9(2,11)8(6-7-10)12(3,4)5/h6,10-11H,7H2,1-5H3. The second-order valence-corrected chi connectivity index (χ2v) is 9.65. The molecule has 0 bridgehead atoms. The van der Waals surface area contributed by atoms with E-state index in [1.165, 1.54) is 0 Å². The summed E-state index contributed by atoms with van der Waals surface area (Å²) in [6.07, 6.45) is 1.74. The fourth-order valence-corrected chi connectivity index (χ4v) is 4.10. The van der Waals surface area contributed by atoms with E-state index in [0.717, 1.165) is 5.20 Å². The maximum atomic E-state index is 9.80. The first-order chi connectivity index (χ1) is 5.19. The number of aliphatic hydroxyl groups is 2. The first-order valence-corrected chi connectivity index (χ1v) is 7.74. The summed E-state index contributed by atoms with van der Waals surface area (Å²) in [6, 6.07) is 0. The summed E-state index contributed by atoms with van der Waals surface area (Å²) < 4.78 is 0. The highest BCUT2D eigenvalue weighted by Gasteiger charge is 2.30. The van der Waals surface area contributed by atoms with Crippen LogP contribution in [0.4, 0.5) is 0 Å². The molecule has 3 heteroatoms. The molecule has 0 fully saturated rings. The Morgan fingerprint density at radius 3 is 1.83 bits per heavy atom. The predicted octanol–water partition coefficient (Wildman–Crippen LogP) is 1.55. The second-order valence-electron chi connectivity index (χ2n) is 4.61. The van der Waals surface area contributed by atoms with Gasteiger partial charge in [-0.05, 0) is 13.8 Å². The van der Waals surface area contributed by atoms with Gasteiger partial charge in [-0.3, -0.25) is 0 Å². The van der Waals surface area contributed by atoms with Crippen molar-refractivity contribution in [1.82, 2.24) is 0 Å². The van der Waals surface area contributed by atoms with E-state index in [2.05, 4.69) is 19.6 Å². The zero-order chi connectivity index (χ0) is 9.99. The molecule has 12 heavy (non-hydrogen) atoms. The lowest BCUT2D eigenvalue weighted by Crippen LogP contribution is -2.38. The third kappa shape index (κ3) is 3.52. The van der Waals surface area contributed by atoms with Crippen molar-refractivity contribution in [3.8, 4) is 0 Å². The van der Waals surface area contributed by atoms with E-state index >= 15 is 0 Å². The molecule has 0 saturated heterocycles. The molecule has 0 aromatic carbocycles. The van der Waals surface area contributed by atoms with Gasteiger partial charge < -0.3 is 10.2 Å². The van der Waals surface area contributed by atoms with Gasteiger partial charge in [0.15, 0.2) is 0 Å². The van der Waals surface area contributed by atoms with Crippen molar-refractivity contribution in [2.24, 2.45) is 0 Å². The number of hydrogen-bond acceptors (Lipinski definition) is 2. The lowest BCUT2D eigenvalue weighted by atomic mass is 10.1. The van der Waals surface area contributed by atoms with Gasteiger partial charge in [0.05, 0.1) is 20.3 Å². The maximum Gasteiger partial charge on any atom is 0.0766 e. The third-order valence-corrected chi connectivity index (χ3v) is 4.19. The molecule has 0 aromatic rings. The molecule has 0 aliphatic carbocycles. The summed E-state index contributed by atoms with van der Waals surface area (Å²) in [6.45, 7) is 10.0. The van der Waals surface area contributed by atoms with E-state index in [1.807, 2.05) is 0 Å². The van der Waals surface area contributed by atoms with Crippen LogP contribution in [0.15, 0.2) is 11.3 Å². The second kappa shape index (κ2) is 3.73. The molecule has 72 valence electrons. The third-order valence-electron chi connectivity index (χ3n) is 1.76. The highest BCUT2D eigenvalue weighted by molar-refractivity contribution is 6.83. The number of aliphatic hydroxyl groups excluding tert-OH is 1. The van der Waals surface area contributed by atoms with Crippen LogP contribution in [0.1, 0.15) is 13.8 Å². The van der Waals surface area contributed by atoms with E-state index < -0.39 is 13.7 Å². The van der Waals surface area contributed by atoms with Crippen LogP contribution in [0.3, 0.4) is 0 Å². The maximum absolute atomic E-state index is 9.80. The summed E-state index contributed by atoms with van der Waals surface area (Å²) in [4.78, 5) is 0. The normalized spacial score (nSPS) is 15.1. The van der Waals surface area contributed by atoms with Crippen LogP contribution in [0.2, 0.25) is 19.6 Å². The molecule has 0 spiro atoms. The van der Waals surface area contributed by atoms with E-state index in [4.69, 9.17) is 5.11 Å². The topological polar surface area (TPSA) is 40.5 Å². The van der Waals surface area contributed by atoms with Gasteiger partial charge in [0, 0.05) is 0 Å². The molecular formula is C9H20O2Si. The van der Waals surface area contributed by atoms with Gasteiger partial charge in [-0.15, -0.1) is 0 Å². The molecule has 0 heterocycles. The summed E-state index contributed by atoms with van der Waals surface area (Å²) >= 11 is 0. The molecule has 0 rings (SSSR count). The van der Waals surface area contributed by atoms with Gasteiger partial charge in [0.1, 0.15) is 0 Å². The Hall–Kier alpha value is -0.123. The minimum atomic E-state index is -1.49. The van der Waals surface area contributed by atoms with Crippen LogP contribution in [-0.4, -0.2) is 30.5 Å². The molecule has 2 nitrogen and oxygen atoms in total. The summed E-state index contributed by atoms with van der Waals surface area (Å²) in [5.74, 6) is 0. The Morgan fingerprint density at radius 2 is 1.75 bits per heavy atom. The van der Waals surface area contributed by atoms with Crippen molar-refractivity contribution in [1.29, 1.82) is 0 Å². The molecule has 0 saturated carbocycles. The molecule has 0 amide bonds. The average molecular weight is 188 g/mol. The number of rotatable bonds is 3. The van der Waals surface area contributed by atoms with Gasteiger partial charge in [0.25, 0.3) is 0 Å². The summed E-state index contributed by atoms with van der Waals surface area (Å²) in [5, 5.41) is 19.6. The van der Waals surface area contributed by atoms with Crippen LogP contribution in [0.5, 0.6) is 0 Å². The highest BCUT2D eigenvalue weighted by Crippen LogP contribution is 2.25. The average Bonchev–Trinajstić information content (AvgIpc) is 1.77. The van der Waals surface area contributed by atoms with Crippen LogP contribution in [-0.2, 0) is 0 Å². The molecule has 0 radical (unpaired) electrons. The highest BCUT2D eigenvalue weighted by atomic mass is 28.3. The molecule has 0 aliphatic heterocycles. The lowest BCUT2D eigenvalue weighted by Gasteiger charge is -2.31. The van der Waals surface area contributed by atoms with E-state index in [1.54, 1.807) is 19.9 Å². The predicted molar refractivity (Wildman–Crippen MR) is 54.8 cm³/mol. The molecule has 0 aliphatic rings. The monoisotopic (exact) mass is 188 g/mol. The van der Waals surface area contributed by atoms with E-state index in [9.17, 15) is 5.11 Å². The minimum Gasteiger partial charge on any atom is -0.392 e. The largest absolute Gasteiger partial charge is 0.392 e. The van der Waals surface area contributed by atoms with Gasteiger partial charge in [-0.2, -0.15) is 0 Å². The SMILES string of the molecule is CC(C)(O)C(=CCO)[Si](C)(C)C. The van der Waals surface area contributed by atoms with Crippen molar-refractivity contribution in [2.45, 2.75) is 39.1 Å². The zero-order valence-electron chi connectivity index (χ0n) is 8.68. The molecule has 0 unspecified atom stereocenters. The van der Waals surface area contributed by atoms with Crippen molar-refractivity contribution >= 4 is 8.07 Å². The van der Waals surface area contributed by atoms with Crippen LogP contribution in [0, 0.1) is 0 Å². The summed E-state index contributed by atoms with van der Waals surface area (Å²) in [7, 11) is -1.49. The molecular weight excluding hydrogens is 168 g/mol. The fourth-order valence-electron chi connectivity index (χ4n) is 1.56. The Kier molecular flexibility index (Phi) is 3.69. The number of hydrogen-bond donors (Lipinski definition) is 2. The molecule has 0 atom stereocenters. The quantitative estimate of drug-likeness (QED) is 0.660. The van der Waals surface area contributed by atoms with Crippen molar-refractivity contribution in [3.05, 3.63) is 11.3 Å². The molecule has 2 N–H and O–H groups in total. The smallest absolute Gasteiger partial charge is 0.0766 e. The van der Waals surface area contributed by atoms with E-state index in [0.29, 0.717) is 0 Å². The minimum absolute atomic E-state index is 0.0175. The van der Waals surface area contributed by atoms with Crippen molar-refractivity contribution < 1.29 is 10.2 Å². The zero-order valence-corrected chi connectivity index (χ0v) is 9.68. The van der Waals surface area contributed by atoms with E-state index in [-0.39, 0.29) is 6.61 Å². The van der Waals surface area contributed by atoms with Gasteiger partial charge in [-0.25, -0.2) is 0 Å². The van der Waals surface area contributed by atoms with Gasteiger partial charge in [-0.1, -0.05) is 30.9 Å². The Labute approximate surface area is 75.9 Å².